The van der Waals surface area contributed by atoms with E-state index in [1.807, 2.05) is 0 Å². The van der Waals surface area contributed by atoms with Gasteiger partial charge in [0, 0.05) is 19.2 Å². The highest BCUT2D eigenvalue weighted by Gasteiger charge is 2.28. The number of hydrogen-bond acceptors (Lipinski definition) is 2. The minimum Gasteiger partial charge on any atom is -0.377 e. The van der Waals surface area contributed by atoms with Gasteiger partial charge in [0.25, 0.3) is 0 Å². The maximum Gasteiger partial charge on any atom is 0.0703 e. The molecule has 0 aromatic heterocycles. The first-order chi connectivity index (χ1) is 8.74. The molecule has 1 aromatic carbocycles. The summed E-state index contributed by atoms with van der Waals surface area (Å²) in [4.78, 5) is 2.54. The molecule has 1 fully saturated rings. The Balaban J connectivity index is 2.00. The highest BCUT2D eigenvalue weighted by atomic mass is 16.5. The van der Waals surface area contributed by atoms with Crippen LogP contribution in [0.5, 0.6) is 0 Å². The van der Waals surface area contributed by atoms with Crippen LogP contribution in [0.1, 0.15) is 38.3 Å². The summed E-state index contributed by atoms with van der Waals surface area (Å²) in [5.41, 5.74) is 2.83. The topological polar surface area (TPSA) is 12.5 Å². The molecule has 18 heavy (non-hydrogen) atoms. The summed E-state index contributed by atoms with van der Waals surface area (Å²) < 4.78 is 5.68. The van der Waals surface area contributed by atoms with E-state index < -0.39 is 0 Å². The lowest BCUT2D eigenvalue weighted by molar-refractivity contribution is 0.0730. The van der Waals surface area contributed by atoms with Crippen LogP contribution in [0, 0.1) is 0 Å². The van der Waals surface area contributed by atoms with E-state index in [2.05, 4.69) is 49.9 Å². The van der Waals surface area contributed by atoms with Crippen molar-refractivity contribution < 1.29 is 4.74 Å². The molecule has 2 unspecified atom stereocenters. The zero-order chi connectivity index (χ0) is 13.0. The molecule has 0 spiro atoms. The van der Waals surface area contributed by atoms with Crippen LogP contribution in [0.4, 0.5) is 0 Å². The number of nitrogens with zero attached hydrogens (tertiary/aromatic N) is 1. The minimum atomic E-state index is 0.375. The van der Waals surface area contributed by atoms with E-state index in [1.54, 1.807) is 0 Å². The molecule has 1 heterocycles. The number of likely N-dealkylation sites (N-methyl/N-ethyl adjacent to an activating group) is 1. The van der Waals surface area contributed by atoms with Gasteiger partial charge in [0.15, 0.2) is 0 Å². The molecular weight excluding hydrogens is 222 g/mol. The largest absolute Gasteiger partial charge is 0.377 e. The SMILES string of the molecule is CCc1ccc(CN(CC)C2CCOC2C)cc1. The number of aryl methyl sites for hydroxylation is 1. The normalized spacial score (nSPS) is 23.8. The fourth-order valence-electron chi connectivity index (χ4n) is 2.78. The van der Waals surface area contributed by atoms with Crippen LogP contribution in [0.25, 0.3) is 0 Å². The Morgan fingerprint density at radius 1 is 1.17 bits per heavy atom. The van der Waals surface area contributed by atoms with Crippen LogP contribution in [0.2, 0.25) is 0 Å². The monoisotopic (exact) mass is 247 g/mol. The van der Waals surface area contributed by atoms with Crippen LogP contribution >= 0.6 is 0 Å². The van der Waals surface area contributed by atoms with E-state index in [4.69, 9.17) is 4.74 Å². The van der Waals surface area contributed by atoms with Crippen molar-refractivity contribution in [1.82, 2.24) is 4.90 Å². The average Bonchev–Trinajstić information content (AvgIpc) is 2.83. The second kappa shape index (κ2) is 6.35. The van der Waals surface area contributed by atoms with Crippen molar-refractivity contribution in [3.05, 3.63) is 35.4 Å². The molecule has 0 saturated carbocycles. The molecule has 1 aliphatic heterocycles. The Morgan fingerprint density at radius 3 is 2.33 bits per heavy atom. The van der Waals surface area contributed by atoms with E-state index in [9.17, 15) is 0 Å². The smallest absolute Gasteiger partial charge is 0.0703 e. The molecule has 2 heteroatoms. The molecule has 0 radical (unpaired) electrons. The lowest BCUT2D eigenvalue weighted by Crippen LogP contribution is -2.39. The molecule has 0 amide bonds. The first-order valence-corrected chi connectivity index (χ1v) is 7.18. The van der Waals surface area contributed by atoms with Crippen molar-refractivity contribution in [3.63, 3.8) is 0 Å². The van der Waals surface area contributed by atoms with Gasteiger partial charge in [0.05, 0.1) is 6.10 Å². The van der Waals surface area contributed by atoms with Gasteiger partial charge in [-0.1, -0.05) is 38.1 Å². The Morgan fingerprint density at radius 2 is 1.83 bits per heavy atom. The average molecular weight is 247 g/mol. The maximum absolute atomic E-state index is 5.68. The van der Waals surface area contributed by atoms with Gasteiger partial charge in [-0.3, -0.25) is 4.90 Å². The summed E-state index contributed by atoms with van der Waals surface area (Å²) in [7, 11) is 0. The summed E-state index contributed by atoms with van der Waals surface area (Å²) in [6, 6.07) is 9.61. The van der Waals surface area contributed by atoms with Crippen molar-refractivity contribution in [3.8, 4) is 0 Å². The summed E-state index contributed by atoms with van der Waals surface area (Å²) >= 11 is 0. The Kier molecular flexibility index (Phi) is 4.79. The van der Waals surface area contributed by atoms with Gasteiger partial charge in [-0.15, -0.1) is 0 Å². The van der Waals surface area contributed by atoms with Gasteiger partial charge >= 0.3 is 0 Å². The summed E-state index contributed by atoms with van der Waals surface area (Å²) in [5.74, 6) is 0. The fourth-order valence-corrected chi connectivity index (χ4v) is 2.78. The lowest BCUT2D eigenvalue weighted by atomic mass is 10.1. The first-order valence-electron chi connectivity index (χ1n) is 7.18. The molecular formula is C16H25NO. The van der Waals surface area contributed by atoms with Crippen molar-refractivity contribution in [2.45, 2.75) is 52.3 Å². The van der Waals surface area contributed by atoms with E-state index in [0.29, 0.717) is 12.1 Å². The third-order valence-electron chi connectivity index (χ3n) is 4.03. The van der Waals surface area contributed by atoms with Crippen LogP contribution in [-0.2, 0) is 17.7 Å². The zero-order valence-electron chi connectivity index (χ0n) is 11.9. The highest BCUT2D eigenvalue weighted by Crippen LogP contribution is 2.21. The molecule has 100 valence electrons. The standard InChI is InChI=1S/C16H25NO/c1-4-14-6-8-15(9-7-14)12-17(5-2)16-10-11-18-13(16)3/h6-9,13,16H,4-5,10-12H2,1-3H3. The number of rotatable bonds is 5. The molecule has 0 aliphatic carbocycles. The summed E-state index contributed by atoms with van der Waals surface area (Å²) in [6.45, 7) is 9.68. The first kappa shape index (κ1) is 13.6. The van der Waals surface area contributed by atoms with Gasteiger partial charge in [0.2, 0.25) is 0 Å². The second-order valence-corrected chi connectivity index (χ2v) is 5.17. The highest BCUT2D eigenvalue weighted by molar-refractivity contribution is 5.22. The van der Waals surface area contributed by atoms with Crippen LogP contribution in [-0.4, -0.2) is 30.2 Å². The fraction of sp³-hybridized carbons (Fsp3) is 0.625. The molecule has 1 aromatic rings. The third kappa shape index (κ3) is 3.12. The predicted octanol–water partition coefficient (Wildman–Crippen LogP) is 3.25. The van der Waals surface area contributed by atoms with Crippen molar-refractivity contribution in [2.24, 2.45) is 0 Å². The zero-order valence-corrected chi connectivity index (χ0v) is 11.9. The van der Waals surface area contributed by atoms with Crippen molar-refractivity contribution in [2.75, 3.05) is 13.2 Å². The maximum atomic E-state index is 5.68. The summed E-state index contributed by atoms with van der Waals surface area (Å²) in [5, 5.41) is 0. The molecule has 1 aliphatic rings. The molecule has 0 N–H and O–H groups in total. The van der Waals surface area contributed by atoms with E-state index in [-0.39, 0.29) is 0 Å². The van der Waals surface area contributed by atoms with Gasteiger partial charge in [-0.25, -0.2) is 0 Å². The van der Waals surface area contributed by atoms with Crippen LogP contribution in [0.3, 0.4) is 0 Å². The van der Waals surface area contributed by atoms with E-state index in [0.717, 1.165) is 26.1 Å². The van der Waals surface area contributed by atoms with Gasteiger partial charge in [-0.2, -0.15) is 0 Å². The molecule has 2 rings (SSSR count). The van der Waals surface area contributed by atoms with E-state index in [1.165, 1.54) is 17.5 Å². The van der Waals surface area contributed by atoms with Gasteiger partial charge in [0.1, 0.15) is 0 Å². The van der Waals surface area contributed by atoms with Crippen molar-refractivity contribution in [1.29, 1.82) is 0 Å². The number of hydrogen-bond donors (Lipinski definition) is 0. The predicted molar refractivity (Wildman–Crippen MR) is 75.7 cm³/mol. The quantitative estimate of drug-likeness (QED) is 0.792. The number of ether oxygens (including phenoxy) is 1. The Labute approximate surface area is 111 Å². The van der Waals surface area contributed by atoms with Crippen LogP contribution < -0.4 is 0 Å². The summed E-state index contributed by atoms with van der Waals surface area (Å²) in [6.07, 6.45) is 2.66. The minimum absolute atomic E-state index is 0.375. The van der Waals surface area contributed by atoms with Gasteiger partial charge < -0.3 is 4.74 Å². The molecule has 2 atom stereocenters. The van der Waals surface area contributed by atoms with E-state index >= 15 is 0 Å². The third-order valence-corrected chi connectivity index (χ3v) is 4.03. The van der Waals surface area contributed by atoms with Crippen LogP contribution in [0.15, 0.2) is 24.3 Å². The second-order valence-electron chi connectivity index (χ2n) is 5.17. The lowest BCUT2D eigenvalue weighted by Gasteiger charge is -2.29. The molecule has 2 nitrogen and oxygen atoms in total. The molecule has 0 bridgehead atoms. The Hall–Kier alpha value is -0.860. The van der Waals surface area contributed by atoms with Crippen molar-refractivity contribution >= 4 is 0 Å². The van der Waals surface area contributed by atoms with Gasteiger partial charge in [-0.05, 0) is 37.4 Å². The Bertz CT molecular complexity index is 360. The molecule has 1 saturated heterocycles. The number of benzene rings is 1.